The summed E-state index contributed by atoms with van der Waals surface area (Å²) in [7, 11) is 0. The number of rotatable bonds is 5. The van der Waals surface area contributed by atoms with Gasteiger partial charge in [-0.3, -0.25) is 0 Å². The quantitative estimate of drug-likeness (QED) is 0.871. The molecule has 0 radical (unpaired) electrons. The Morgan fingerprint density at radius 2 is 1.58 bits per heavy atom. The Morgan fingerprint density at radius 1 is 1.00 bits per heavy atom. The minimum Gasteiger partial charge on any atom is -0.508 e. The van der Waals surface area contributed by atoms with Gasteiger partial charge in [-0.05, 0) is 48.7 Å². The molecule has 0 amide bonds. The first-order chi connectivity index (χ1) is 9.13. The molecule has 2 aromatic carbocycles. The SMILES string of the molecule is CC(Cc1ccc(Cl)cc1)NCc1ccc(O)cc1. The third kappa shape index (κ3) is 4.58. The Balaban J connectivity index is 1.82. The van der Waals surface area contributed by atoms with Gasteiger partial charge in [0.2, 0.25) is 0 Å². The molecule has 1 atom stereocenters. The first-order valence-electron chi connectivity index (χ1n) is 6.39. The standard InChI is InChI=1S/C16H18ClNO/c1-12(10-13-2-6-15(17)7-3-13)18-11-14-4-8-16(19)9-5-14/h2-9,12,18-19H,10-11H2,1H3. The molecule has 0 aliphatic carbocycles. The number of phenolic OH excluding ortho intramolecular Hbond substituents is 1. The molecular formula is C16H18ClNO. The lowest BCUT2D eigenvalue weighted by atomic mass is 10.1. The molecule has 0 heterocycles. The van der Waals surface area contributed by atoms with E-state index >= 15 is 0 Å². The minimum atomic E-state index is 0.304. The van der Waals surface area contributed by atoms with E-state index in [1.807, 2.05) is 24.3 Å². The van der Waals surface area contributed by atoms with Gasteiger partial charge in [0.25, 0.3) is 0 Å². The van der Waals surface area contributed by atoms with E-state index in [2.05, 4.69) is 24.4 Å². The molecule has 3 heteroatoms. The van der Waals surface area contributed by atoms with Gasteiger partial charge in [0.1, 0.15) is 5.75 Å². The van der Waals surface area contributed by atoms with E-state index < -0.39 is 0 Å². The number of phenols is 1. The molecule has 0 saturated heterocycles. The highest BCUT2D eigenvalue weighted by Crippen LogP contribution is 2.12. The summed E-state index contributed by atoms with van der Waals surface area (Å²) in [6.45, 7) is 2.96. The van der Waals surface area contributed by atoms with Gasteiger partial charge in [0.15, 0.2) is 0 Å². The minimum absolute atomic E-state index is 0.304. The maximum Gasteiger partial charge on any atom is 0.115 e. The average Bonchev–Trinajstić information content (AvgIpc) is 2.41. The molecule has 19 heavy (non-hydrogen) atoms. The molecule has 1 unspecified atom stereocenters. The number of hydrogen-bond acceptors (Lipinski definition) is 2. The normalized spacial score (nSPS) is 12.3. The van der Waals surface area contributed by atoms with Crippen molar-refractivity contribution in [3.63, 3.8) is 0 Å². The number of nitrogens with one attached hydrogen (secondary N) is 1. The first kappa shape index (κ1) is 13.9. The molecule has 2 N–H and O–H groups in total. The van der Waals surface area contributed by atoms with Gasteiger partial charge in [-0.15, -0.1) is 0 Å². The third-order valence-electron chi connectivity index (χ3n) is 3.05. The predicted molar refractivity (Wildman–Crippen MR) is 79.6 cm³/mol. The summed E-state index contributed by atoms with van der Waals surface area (Å²) in [4.78, 5) is 0. The van der Waals surface area contributed by atoms with E-state index in [4.69, 9.17) is 11.6 Å². The van der Waals surface area contributed by atoms with E-state index in [9.17, 15) is 5.11 Å². The van der Waals surface area contributed by atoms with Gasteiger partial charge in [-0.1, -0.05) is 35.9 Å². The van der Waals surface area contributed by atoms with Crippen molar-refractivity contribution in [1.29, 1.82) is 0 Å². The van der Waals surface area contributed by atoms with Crippen molar-refractivity contribution in [3.05, 3.63) is 64.7 Å². The highest BCUT2D eigenvalue weighted by atomic mass is 35.5. The maximum atomic E-state index is 9.22. The van der Waals surface area contributed by atoms with Crippen molar-refractivity contribution in [2.45, 2.75) is 25.9 Å². The Labute approximate surface area is 119 Å². The Morgan fingerprint density at radius 3 is 2.21 bits per heavy atom. The highest BCUT2D eigenvalue weighted by molar-refractivity contribution is 6.30. The second-order valence-corrected chi connectivity index (χ2v) is 5.22. The average molecular weight is 276 g/mol. The van der Waals surface area contributed by atoms with Crippen LogP contribution in [0.1, 0.15) is 18.1 Å². The third-order valence-corrected chi connectivity index (χ3v) is 3.30. The monoisotopic (exact) mass is 275 g/mol. The zero-order chi connectivity index (χ0) is 13.7. The van der Waals surface area contributed by atoms with Crippen molar-refractivity contribution >= 4 is 11.6 Å². The topological polar surface area (TPSA) is 32.3 Å². The van der Waals surface area contributed by atoms with Crippen LogP contribution in [-0.4, -0.2) is 11.1 Å². The molecule has 0 saturated carbocycles. The van der Waals surface area contributed by atoms with Crippen LogP contribution in [0.25, 0.3) is 0 Å². The Bertz CT molecular complexity index is 507. The second kappa shape index (κ2) is 6.60. The van der Waals surface area contributed by atoms with Crippen LogP contribution in [0, 0.1) is 0 Å². The van der Waals surface area contributed by atoms with Crippen LogP contribution in [0.2, 0.25) is 5.02 Å². The summed E-state index contributed by atoms with van der Waals surface area (Å²) in [6, 6.07) is 15.6. The largest absolute Gasteiger partial charge is 0.508 e. The lowest BCUT2D eigenvalue weighted by molar-refractivity contribution is 0.474. The van der Waals surface area contributed by atoms with Gasteiger partial charge in [-0.25, -0.2) is 0 Å². The molecule has 2 rings (SSSR count). The first-order valence-corrected chi connectivity index (χ1v) is 6.77. The van der Waals surface area contributed by atoms with Gasteiger partial charge in [0, 0.05) is 17.6 Å². The lowest BCUT2D eigenvalue weighted by Crippen LogP contribution is -2.27. The smallest absolute Gasteiger partial charge is 0.115 e. The molecule has 2 nitrogen and oxygen atoms in total. The van der Waals surface area contributed by atoms with Crippen molar-refractivity contribution in [1.82, 2.24) is 5.32 Å². The van der Waals surface area contributed by atoms with Crippen LogP contribution in [0.5, 0.6) is 5.75 Å². The maximum absolute atomic E-state index is 9.22. The number of aromatic hydroxyl groups is 1. The summed E-state index contributed by atoms with van der Waals surface area (Å²) < 4.78 is 0. The van der Waals surface area contributed by atoms with Crippen LogP contribution < -0.4 is 5.32 Å². The molecule has 0 aliphatic rings. The molecular weight excluding hydrogens is 258 g/mol. The highest BCUT2D eigenvalue weighted by Gasteiger charge is 2.03. The van der Waals surface area contributed by atoms with Crippen LogP contribution >= 0.6 is 11.6 Å². The lowest BCUT2D eigenvalue weighted by Gasteiger charge is -2.14. The van der Waals surface area contributed by atoms with E-state index in [0.717, 1.165) is 18.0 Å². The van der Waals surface area contributed by atoms with E-state index in [1.165, 1.54) is 11.1 Å². The van der Waals surface area contributed by atoms with Crippen molar-refractivity contribution < 1.29 is 5.11 Å². The summed E-state index contributed by atoms with van der Waals surface area (Å²) in [5.41, 5.74) is 2.44. The predicted octanol–water partition coefficient (Wildman–Crippen LogP) is 3.77. The zero-order valence-electron chi connectivity index (χ0n) is 10.9. The molecule has 0 spiro atoms. The molecule has 100 valence electrons. The fourth-order valence-electron chi connectivity index (χ4n) is 1.95. The van der Waals surface area contributed by atoms with Gasteiger partial charge < -0.3 is 10.4 Å². The summed E-state index contributed by atoms with van der Waals surface area (Å²) >= 11 is 5.87. The van der Waals surface area contributed by atoms with Crippen LogP contribution in [0.3, 0.4) is 0 Å². The van der Waals surface area contributed by atoms with E-state index in [1.54, 1.807) is 12.1 Å². The molecule has 0 aliphatic heterocycles. The van der Waals surface area contributed by atoms with Crippen LogP contribution in [0.15, 0.2) is 48.5 Å². The van der Waals surface area contributed by atoms with E-state index in [-0.39, 0.29) is 0 Å². The molecule has 2 aromatic rings. The fourth-order valence-corrected chi connectivity index (χ4v) is 2.08. The molecule has 0 bridgehead atoms. The summed E-state index contributed by atoms with van der Waals surface area (Å²) in [5.74, 6) is 0.304. The summed E-state index contributed by atoms with van der Waals surface area (Å²) in [6.07, 6.45) is 0.968. The summed E-state index contributed by atoms with van der Waals surface area (Å²) in [5, 5.41) is 13.5. The van der Waals surface area contributed by atoms with Crippen LogP contribution in [0.4, 0.5) is 0 Å². The Kier molecular flexibility index (Phi) is 4.83. The number of benzene rings is 2. The van der Waals surface area contributed by atoms with Gasteiger partial charge >= 0.3 is 0 Å². The van der Waals surface area contributed by atoms with Crippen molar-refractivity contribution in [2.24, 2.45) is 0 Å². The van der Waals surface area contributed by atoms with Crippen molar-refractivity contribution in [2.75, 3.05) is 0 Å². The fraction of sp³-hybridized carbons (Fsp3) is 0.250. The van der Waals surface area contributed by atoms with Gasteiger partial charge in [0.05, 0.1) is 0 Å². The number of hydrogen-bond donors (Lipinski definition) is 2. The molecule has 0 aromatic heterocycles. The van der Waals surface area contributed by atoms with E-state index in [0.29, 0.717) is 11.8 Å². The van der Waals surface area contributed by atoms with Crippen LogP contribution in [-0.2, 0) is 13.0 Å². The van der Waals surface area contributed by atoms with Crippen molar-refractivity contribution in [3.8, 4) is 5.75 Å². The number of halogens is 1. The Hall–Kier alpha value is -1.51. The molecule has 0 fully saturated rings. The van der Waals surface area contributed by atoms with Gasteiger partial charge in [-0.2, -0.15) is 0 Å². The zero-order valence-corrected chi connectivity index (χ0v) is 11.7. The second-order valence-electron chi connectivity index (χ2n) is 4.78.